The van der Waals surface area contributed by atoms with Crippen LogP contribution >= 0.6 is 0 Å². The van der Waals surface area contributed by atoms with Crippen LogP contribution in [0.5, 0.6) is 0 Å². The van der Waals surface area contributed by atoms with Gasteiger partial charge in [-0.2, -0.15) is 0 Å². The molecule has 1 aliphatic heterocycles. The van der Waals surface area contributed by atoms with Gasteiger partial charge in [-0.3, -0.25) is 0 Å². The molecule has 0 radical (unpaired) electrons. The third kappa shape index (κ3) is 2.96. The van der Waals surface area contributed by atoms with Crippen LogP contribution in [-0.4, -0.2) is 30.7 Å². The normalized spacial score (nSPS) is 51.5. The molecule has 6 rings (SSSR count). The number of hydrogen-bond acceptors (Lipinski definition) is 3. The maximum Gasteiger partial charge on any atom is 0.173 e. The van der Waals surface area contributed by atoms with E-state index >= 15 is 0 Å². The molecule has 0 aromatic rings. The van der Waals surface area contributed by atoms with E-state index in [1.807, 2.05) is 0 Å². The van der Waals surface area contributed by atoms with E-state index in [0.29, 0.717) is 40.6 Å². The summed E-state index contributed by atoms with van der Waals surface area (Å²) < 4.78 is 12.8. The van der Waals surface area contributed by atoms with Crippen molar-refractivity contribution in [2.24, 2.45) is 50.2 Å². The molecular formula is C32H52O3. The van der Waals surface area contributed by atoms with Gasteiger partial charge in [-0.25, -0.2) is 0 Å². The van der Waals surface area contributed by atoms with Crippen LogP contribution in [0.3, 0.4) is 0 Å². The van der Waals surface area contributed by atoms with Crippen molar-refractivity contribution in [1.82, 2.24) is 0 Å². The highest BCUT2D eigenvalue weighted by Crippen LogP contribution is 2.76. The zero-order chi connectivity index (χ0) is 25.1. The number of hydrogen-bond donors (Lipinski definition) is 1. The summed E-state index contributed by atoms with van der Waals surface area (Å²) >= 11 is 0. The van der Waals surface area contributed by atoms with E-state index in [9.17, 15) is 5.11 Å². The van der Waals surface area contributed by atoms with Gasteiger partial charge in [-0.05, 0) is 97.2 Å². The second-order valence-corrected chi connectivity index (χ2v) is 15.9. The smallest absolute Gasteiger partial charge is 0.173 e. The Morgan fingerprint density at radius 2 is 1.51 bits per heavy atom. The quantitative estimate of drug-likeness (QED) is 0.391. The summed E-state index contributed by atoms with van der Waals surface area (Å²) in [6, 6.07) is 0. The van der Waals surface area contributed by atoms with Crippen molar-refractivity contribution in [2.75, 3.05) is 19.8 Å². The highest BCUT2D eigenvalue weighted by molar-refractivity contribution is 5.34. The van der Waals surface area contributed by atoms with E-state index in [4.69, 9.17) is 9.47 Å². The molecule has 3 unspecified atom stereocenters. The standard InChI is InChI=1S/C32H52O3/c1-26(2)12-15-31(21-33)16-14-29(6)22(23(31)20-26)8-9-25-28(5)13-17-32(34-18-19-35-32)27(3,4)24(28)10-11-30(25,29)7/h8,23-25,33H,9-21H2,1-7H3/t23-,24?,25?,28-,29-,30+,31?/m0/s1. The van der Waals surface area contributed by atoms with Crippen LogP contribution in [0.25, 0.3) is 0 Å². The summed E-state index contributed by atoms with van der Waals surface area (Å²) in [5, 5.41) is 10.7. The van der Waals surface area contributed by atoms with Crippen molar-refractivity contribution in [3.63, 3.8) is 0 Å². The number of aliphatic hydroxyl groups excluding tert-OH is 1. The van der Waals surface area contributed by atoms with Crippen molar-refractivity contribution in [3.05, 3.63) is 11.6 Å². The van der Waals surface area contributed by atoms with E-state index in [1.54, 1.807) is 5.57 Å². The van der Waals surface area contributed by atoms with Crippen molar-refractivity contribution >= 4 is 0 Å². The van der Waals surface area contributed by atoms with Crippen LogP contribution in [0.1, 0.15) is 113 Å². The lowest BCUT2D eigenvalue weighted by Gasteiger charge is -2.72. The van der Waals surface area contributed by atoms with Gasteiger partial charge in [0, 0.05) is 23.9 Å². The van der Waals surface area contributed by atoms with Crippen LogP contribution < -0.4 is 0 Å². The fourth-order valence-corrected chi connectivity index (χ4v) is 11.5. The van der Waals surface area contributed by atoms with Gasteiger partial charge in [0.2, 0.25) is 0 Å². The molecule has 1 heterocycles. The molecule has 3 heteroatoms. The molecule has 1 saturated heterocycles. The van der Waals surface area contributed by atoms with Crippen LogP contribution in [-0.2, 0) is 9.47 Å². The minimum Gasteiger partial charge on any atom is -0.396 e. The molecule has 6 aliphatic rings. The first-order chi connectivity index (χ1) is 16.3. The monoisotopic (exact) mass is 484 g/mol. The Labute approximate surface area is 214 Å². The van der Waals surface area contributed by atoms with Crippen LogP contribution in [0, 0.1) is 50.2 Å². The van der Waals surface area contributed by atoms with Crippen LogP contribution in [0.15, 0.2) is 11.6 Å². The molecule has 35 heavy (non-hydrogen) atoms. The number of aliphatic hydroxyl groups is 1. The van der Waals surface area contributed by atoms with E-state index in [-0.39, 0.29) is 22.0 Å². The average molecular weight is 485 g/mol. The van der Waals surface area contributed by atoms with Gasteiger partial charge in [0.1, 0.15) is 0 Å². The largest absolute Gasteiger partial charge is 0.396 e. The highest BCUT2D eigenvalue weighted by atomic mass is 16.7. The predicted octanol–water partition coefficient (Wildman–Crippen LogP) is 7.52. The Kier molecular flexibility index (Phi) is 5.26. The minimum atomic E-state index is -0.371. The molecule has 198 valence electrons. The first kappa shape index (κ1) is 24.9. The maximum absolute atomic E-state index is 10.7. The number of allylic oxidation sites excluding steroid dienone is 2. The van der Waals surface area contributed by atoms with E-state index in [1.165, 1.54) is 57.8 Å². The van der Waals surface area contributed by atoms with E-state index in [2.05, 4.69) is 54.5 Å². The number of ether oxygens (including phenoxy) is 2. The summed E-state index contributed by atoms with van der Waals surface area (Å²) in [4.78, 5) is 0. The zero-order valence-electron chi connectivity index (χ0n) is 23.8. The molecule has 0 aromatic heterocycles. The topological polar surface area (TPSA) is 38.7 Å². The molecule has 0 aromatic carbocycles. The summed E-state index contributed by atoms with van der Waals surface area (Å²) in [6.45, 7) is 19.7. The number of rotatable bonds is 1. The van der Waals surface area contributed by atoms with E-state index < -0.39 is 0 Å². The molecule has 1 N–H and O–H groups in total. The zero-order valence-corrected chi connectivity index (χ0v) is 23.8. The molecule has 7 atom stereocenters. The molecule has 0 amide bonds. The fourth-order valence-electron chi connectivity index (χ4n) is 11.5. The Hall–Kier alpha value is -0.380. The van der Waals surface area contributed by atoms with Gasteiger partial charge in [-0.15, -0.1) is 0 Å². The molecule has 4 saturated carbocycles. The van der Waals surface area contributed by atoms with Gasteiger partial charge in [0.15, 0.2) is 5.79 Å². The Bertz CT molecular complexity index is 912. The van der Waals surface area contributed by atoms with Gasteiger partial charge in [0.05, 0.1) is 13.2 Å². The van der Waals surface area contributed by atoms with Gasteiger partial charge >= 0.3 is 0 Å². The lowest BCUT2D eigenvalue weighted by atomic mass is 9.33. The number of fused-ring (bicyclic) bond motifs is 7. The van der Waals surface area contributed by atoms with Crippen molar-refractivity contribution < 1.29 is 14.6 Å². The average Bonchev–Trinajstić information content (AvgIpc) is 3.28. The summed E-state index contributed by atoms with van der Waals surface area (Å²) in [7, 11) is 0. The van der Waals surface area contributed by atoms with Gasteiger partial charge in [0.25, 0.3) is 0 Å². The Balaban J connectivity index is 1.40. The Morgan fingerprint density at radius 1 is 0.829 bits per heavy atom. The van der Waals surface area contributed by atoms with Crippen LogP contribution in [0.4, 0.5) is 0 Å². The third-order valence-corrected chi connectivity index (χ3v) is 14.0. The molecule has 0 bridgehead atoms. The van der Waals surface area contributed by atoms with Crippen LogP contribution in [0.2, 0.25) is 0 Å². The predicted molar refractivity (Wildman–Crippen MR) is 141 cm³/mol. The molecule has 5 aliphatic carbocycles. The maximum atomic E-state index is 10.7. The van der Waals surface area contributed by atoms with Gasteiger partial charge in [-0.1, -0.05) is 60.1 Å². The molecule has 1 spiro atoms. The lowest BCUT2D eigenvalue weighted by molar-refractivity contribution is -0.307. The van der Waals surface area contributed by atoms with Crippen molar-refractivity contribution in [1.29, 1.82) is 0 Å². The lowest BCUT2D eigenvalue weighted by Crippen LogP contribution is -2.67. The minimum absolute atomic E-state index is 0.0364. The molecule has 3 nitrogen and oxygen atoms in total. The summed E-state index contributed by atoms with van der Waals surface area (Å²) in [5.74, 6) is 1.53. The van der Waals surface area contributed by atoms with Crippen molar-refractivity contribution in [3.8, 4) is 0 Å². The SMILES string of the molecule is CC1(C)CCC2(CO)CC[C@@]3(C)C(=CCC4[C@@]5(C)CCC6(OCCO6)C(C)(C)C5CC[C@]43C)[C@@H]2C1. The highest BCUT2D eigenvalue weighted by Gasteiger charge is 2.71. The second-order valence-electron chi connectivity index (χ2n) is 15.9. The second kappa shape index (κ2) is 7.38. The van der Waals surface area contributed by atoms with Crippen molar-refractivity contribution in [2.45, 2.75) is 118 Å². The molecular weight excluding hydrogens is 432 g/mol. The van der Waals surface area contributed by atoms with Gasteiger partial charge < -0.3 is 14.6 Å². The summed E-state index contributed by atoms with van der Waals surface area (Å²) in [6.07, 6.45) is 15.0. The first-order valence-electron chi connectivity index (χ1n) is 14.9. The Morgan fingerprint density at radius 3 is 2.20 bits per heavy atom. The first-order valence-corrected chi connectivity index (χ1v) is 14.9. The molecule has 5 fully saturated rings. The third-order valence-electron chi connectivity index (χ3n) is 14.0. The summed E-state index contributed by atoms with van der Waals surface area (Å²) in [5.41, 5.74) is 3.19. The van der Waals surface area contributed by atoms with E-state index in [0.717, 1.165) is 19.6 Å². The fraction of sp³-hybridized carbons (Fsp3) is 0.938.